The van der Waals surface area contributed by atoms with Crippen LogP contribution < -0.4 is 15.4 Å². The summed E-state index contributed by atoms with van der Waals surface area (Å²) in [6.07, 6.45) is 3.22. The number of carbonyl (C=O) groups excluding carboxylic acids is 2. The predicted molar refractivity (Wildman–Crippen MR) is 124 cm³/mol. The molecular weight excluding hydrogens is 396 g/mol. The molecule has 0 fully saturated rings. The Morgan fingerprint density at radius 2 is 1.90 bits per heavy atom. The van der Waals surface area contributed by atoms with E-state index in [-0.39, 0.29) is 17.2 Å². The third-order valence-corrected chi connectivity index (χ3v) is 6.90. The second kappa shape index (κ2) is 9.21. The Morgan fingerprint density at radius 1 is 1.17 bits per heavy atom. The van der Waals surface area contributed by atoms with Crippen LogP contribution in [0.1, 0.15) is 68.3 Å². The number of para-hydroxylation sites is 2. The first-order valence-electron chi connectivity index (χ1n) is 10.7. The van der Waals surface area contributed by atoms with Crippen LogP contribution in [0.4, 0.5) is 10.7 Å². The minimum absolute atomic E-state index is 0.0789. The van der Waals surface area contributed by atoms with Gasteiger partial charge in [-0.1, -0.05) is 39.8 Å². The van der Waals surface area contributed by atoms with Gasteiger partial charge in [-0.15, -0.1) is 11.3 Å². The van der Waals surface area contributed by atoms with Crippen LogP contribution in [0.15, 0.2) is 24.3 Å². The maximum atomic E-state index is 13.4. The number of thiophene rings is 1. The maximum Gasteiger partial charge on any atom is 0.259 e. The van der Waals surface area contributed by atoms with Gasteiger partial charge in [-0.2, -0.15) is 0 Å². The number of hydrogen-bond donors (Lipinski definition) is 2. The second-order valence-electron chi connectivity index (χ2n) is 8.80. The van der Waals surface area contributed by atoms with Crippen molar-refractivity contribution in [1.82, 2.24) is 0 Å². The van der Waals surface area contributed by atoms with E-state index in [4.69, 9.17) is 4.74 Å². The Kier molecular flexibility index (Phi) is 6.86. The number of carbonyl (C=O) groups is 2. The SMILES string of the molecule is CCOc1ccccc1NC(=O)c1c(NC(=O)CC)sc2c1CC[C@H](C(C)(C)C)C2. The summed E-state index contributed by atoms with van der Waals surface area (Å²) in [6.45, 7) is 11.1. The summed E-state index contributed by atoms with van der Waals surface area (Å²) in [7, 11) is 0. The lowest BCUT2D eigenvalue weighted by Crippen LogP contribution is -2.27. The molecule has 1 aromatic carbocycles. The predicted octanol–water partition coefficient (Wildman–Crippen LogP) is 5.90. The first-order valence-corrected chi connectivity index (χ1v) is 11.5. The summed E-state index contributed by atoms with van der Waals surface area (Å²) in [5.74, 6) is 0.933. The molecule has 0 saturated heterocycles. The number of nitrogens with one attached hydrogen (secondary N) is 2. The average Bonchev–Trinajstić information content (AvgIpc) is 3.05. The van der Waals surface area contributed by atoms with Gasteiger partial charge in [0.05, 0.1) is 17.9 Å². The van der Waals surface area contributed by atoms with Crippen molar-refractivity contribution in [3.05, 3.63) is 40.3 Å². The smallest absolute Gasteiger partial charge is 0.259 e. The number of rotatable bonds is 6. The van der Waals surface area contributed by atoms with Gasteiger partial charge in [0.1, 0.15) is 10.8 Å². The number of fused-ring (bicyclic) bond motifs is 1. The average molecular weight is 429 g/mol. The summed E-state index contributed by atoms with van der Waals surface area (Å²) in [5.41, 5.74) is 2.54. The standard InChI is InChI=1S/C24H32N2O3S/c1-6-20(27)26-23-21(16-13-12-15(24(3,4)5)14-19(16)30-23)22(28)25-17-10-8-9-11-18(17)29-7-2/h8-11,15H,6-7,12-14H2,1-5H3,(H,25,28)(H,26,27)/t15-/m0/s1. The van der Waals surface area contributed by atoms with E-state index in [1.165, 1.54) is 4.88 Å². The van der Waals surface area contributed by atoms with Crippen LogP contribution in [0.25, 0.3) is 0 Å². The van der Waals surface area contributed by atoms with Gasteiger partial charge in [0.2, 0.25) is 5.91 Å². The summed E-state index contributed by atoms with van der Waals surface area (Å²) < 4.78 is 5.65. The zero-order valence-corrected chi connectivity index (χ0v) is 19.4. The molecule has 0 aliphatic heterocycles. The summed E-state index contributed by atoms with van der Waals surface area (Å²) in [5, 5.41) is 6.64. The molecule has 1 atom stereocenters. The fourth-order valence-electron chi connectivity index (χ4n) is 3.90. The van der Waals surface area contributed by atoms with E-state index < -0.39 is 0 Å². The molecule has 1 heterocycles. The lowest BCUT2D eigenvalue weighted by Gasteiger charge is -2.33. The van der Waals surface area contributed by atoms with Crippen molar-refractivity contribution < 1.29 is 14.3 Å². The molecule has 0 spiro atoms. The molecule has 0 unspecified atom stereocenters. The molecule has 1 aliphatic carbocycles. The van der Waals surface area contributed by atoms with Gasteiger partial charge >= 0.3 is 0 Å². The van der Waals surface area contributed by atoms with Crippen molar-refractivity contribution in [1.29, 1.82) is 0 Å². The lowest BCUT2D eigenvalue weighted by molar-refractivity contribution is -0.115. The fraction of sp³-hybridized carbons (Fsp3) is 0.500. The largest absolute Gasteiger partial charge is 0.492 e. The summed E-state index contributed by atoms with van der Waals surface area (Å²) in [6, 6.07) is 7.43. The van der Waals surface area contributed by atoms with Gasteiger partial charge in [0.15, 0.2) is 0 Å². The molecule has 162 valence electrons. The van der Waals surface area contributed by atoms with Gasteiger partial charge in [-0.25, -0.2) is 0 Å². The van der Waals surface area contributed by atoms with E-state index in [9.17, 15) is 9.59 Å². The van der Waals surface area contributed by atoms with E-state index in [0.29, 0.717) is 40.9 Å². The second-order valence-corrected chi connectivity index (χ2v) is 9.90. The number of ether oxygens (including phenoxy) is 1. The van der Waals surface area contributed by atoms with Gasteiger partial charge in [0.25, 0.3) is 5.91 Å². The van der Waals surface area contributed by atoms with E-state index in [2.05, 4.69) is 31.4 Å². The quantitative estimate of drug-likeness (QED) is 0.602. The molecule has 1 aliphatic rings. The molecular formula is C24H32N2O3S. The Balaban J connectivity index is 1.96. The Bertz CT molecular complexity index is 927. The molecule has 0 saturated carbocycles. The zero-order valence-electron chi connectivity index (χ0n) is 18.6. The molecule has 0 bridgehead atoms. The van der Waals surface area contributed by atoms with Gasteiger partial charge in [0, 0.05) is 11.3 Å². The first-order chi connectivity index (χ1) is 14.2. The molecule has 6 heteroatoms. The minimum atomic E-state index is -0.194. The molecule has 5 nitrogen and oxygen atoms in total. The Hall–Kier alpha value is -2.34. The summed E-state index contributed by atoms with van der Waals surface area (Å²) >= 11 is 1.55. The van der Waals surface area contributed by atoms with E-state index in [1.807, 2.05) is 38.1 Å². The number of anilines is 2. The summed E-state index contributed by atoms with van der Waals surface area (Å²) in [4.78, 5) is 26.7. The van der Waals surface area contributed by atoms with Crippen molar-refractivity contribution >= 4 is 33.8 Å². The van der Waals surface area contributed by atoms with Crippen molar-refractivity contribution in [2.24, 2.45) is 11.3 Å². The number of hydrogen-bond acceptors (Lipinski definition) is 4. The van der Waals surface area contributed by atoms with Crippen molar-refractivity contribution in [3.8, 4) is 5.75 Å². The number of benzene rings is 1. The molecule has 3 rings (SSSR count). The van der Waals surface area contributed by atoms with Crippen molar-refractivity contribution in [3.63, 3.8) is 0 Å². The van der Waals surface area contributed by atoms with Crippen LogP contribution in [0.5, 0.6) is 5.75 Å². The van der Waals surface area contributed by atoms with Gasteiger partial charge in [-0.05, 0) is 55.2 Å². The first kappa shape index (κ1) is 22.3. The van der Waals surface area contributed by atoms with E-state index in [0.717, 1.165) is 24.8 Å². The van der Waals surface area contributed by atoms with E-state index >= 15 is 0 Å². The lowest BCUT2D eigenvalue weighted by atomic mass is 9.72. The van der Waals surface area contributed by atoms with Crippen LogP contribution in [0, 0.1) is 11.3 Å². The number of amides is 2. The normalized spacial score (nSPS) is 16.0. The van der Waals surface area contributed by atoms with Crippen molar-refractivity contribution in [2.45, 2.75) is 60.3 Å². The molecule has 0 radical (unpaired) electrons. The molecule has 2 amide bonds. The van der Waals surface area contributed by atoms with Crippen LogP contribution >= 0.6 is 11.3 Å². The van der Waals surface area contributed by atoms with Crippen LogP contribution in [-0.2, 0) is 17.6 Å². The monoisotopic (exact) mass is 428 g/mol. The Labute approximate surface area is 183 Å². The molecule has 30 heavy (non-hydrogen) atoms. The topological polar surface area (TPSA) is 67.4 Å². The van der Waals surface area contributed by atoms with Gasteiger partial charge < -0.3 is 15.4 Å². The minimum Gasteiger partial charge on any atom is -0.492 e. The highest BCUT2D eigenvalue weighted by Crippen LogP contribution is 2.44. The fourth-order valence-corrected chi connectivity index (χ4v) is 5.25. The third kappa shape index (κ3) is 4.86. The molecule has 2 N–H and O–H groups in total. The highest BCUT2D eigenvalue weighted by atomic mass is 32.1. The molecule has 1 aromatic heterocycles. The van der Waals surface area contributed by atoms with Crippen LogP contribution in [0.3, 0.4) is 0 Å². The third-order valence-electron chi connectivity index (χ3n) is 5.73. The highest BCUT2D eigenvalue weighted by Gasteiger charge is 2.34. The van der Waals surface area contributed by atoms with Crippen molar-refractivity contribution in [2.75, 3.05) is 17.2 Å². The highest BCUT2D eigenvalue weighted by molar-refractivity contribution is 7.17. The van der Waals surface area contributed by atoms with Gasteiger partial charge in [-0.3, -0.25) is 9.59 Å². The maximum absolute atomic E-state index is 13.4. The van der Waals surface area contributed by atoms with Crippen LogP contribution in [0.2, 0.25) is 0 Å². The Morgan fingerprint density at radius 3 is 2.57 bits per heavy atom. The zero-order chi connectivity index (χ0) is 21.9. The molecule has 2 aromatic rings. The van der Waals surface area contributed by atoms with E-state index in [1.54, 1.807) is 11.3 Å². The van der Waals surface area contributed by atoms with Crippen LogP contribution in [-0.4, -0.2) is 18.4 Å².